The number of piperazine rings is 1. The summed E-state index contributed by atoms with van der Waals surface area (Å²) >= 11 is 0. The third-order valence-electron chi connectivity index (χ3n) is 9.29. The molecule has 226 valence electrons. The van der Waals surface area contributed by atoms with Gasteiger partial charge in [0, 0.05) is 76.1 Å². The molecule has 2 atom stereocenters. The number of fused-ring (bicyclic) bond motifs is 1. The summed E-state index contributed by atoms with van der Waals surface area (Å²) in [7, 11) is 0. The molecular formula is C32H42F2N6O2. The summed E-state index contributed by atoms with van der Waals surface area (Å²) in [4.78, 5) is 24.8. The number of ether oxygens (including phenoxy) is 1. The summed E-state index contributed by atoms with van der Waals surface area (Å²) in [6.45, 7) is 16.7. The predicted molar refractivity (Wildman–Crippen MR) is 159 cm³/mol. The molecule has 3 aliphatic rings. The van der Waals surface area contributed by atoms with Crippen molar-refractivity contribution in [1.29, 1.82) is 0 Å². The average molecular weight is 581 g/mol. The van der Waals surface area contributed by atoms with E-state index in [-0.39, 0.29) is 23.4 Å². The van der Waals surface area contributed by atoms with Gasteiger partial charge in [-0.2, -0.15) is 4.39 Å². The minimum atomic E-state index is -0.595. The number of rotatable bonds is 7. The molecule has 10 heteroatoms. The van der Waals surface area contributed by atoms with Gasteiger partial charge in [0.1, 0.15) is 17.2 Å². The molecule has 3 aliphatic heterocycles. The molecule has 2 aromatic heterocycles. The quantitative estimate of drug-likeness (QED) is 0.459. The Bertz CT molecular complexity index is 1450. The Morgan fingerprint density at radius 1 is 1.12 bits per heavy atom. The van der Waals surface area contributed by atoms with Crippen molar-refractivity contribution in [1.82, 2.24) is 29.4 Å². The first kappa shape index (κ1) is 29.2. The summed E-state index contributed by atoms with van der Waals surface area (Å²) in [5.74, 6) is -0.0393. The van der Waals surface area contributed by atoms with Crippen LogP contribution in [0, 0.1) is 24.6 Å². The van der Waals surface area contributed by atoms with Gasteiger partial charge in [-0.15, -0.1) is 0 Å². The molecule has 5 heterocycles. The van der Waals surface area contributed by atoms with Crippen molar-refractivity contribution in [3.8, 4) is 11.1 Å². The lowest BCUT2D eigenvalue weighted by atomic mass is 9.86. The van der Waals surface area contributed by atoms with Crippen LogP contribution in [-0.4, -0.2) is 108 Å². The van der Waals surface area contributed by atoms with Crippen LogP contribution in [0.25, 0.3) is 16.6 Å². The summed E-state index contributed by atoms with van der Waals surface area (Å²) in [6, 6.07) is 6.54. The number of amides is 1. The molecule has 8 nitrogen and oxygen atoms in total. The highest BCUT2D eigenvalue weighted by Crippen LogP contribution is 2.37. The zero-order valence-corrected chi connectivity index (χ0v) is 25.1. The van der Waals surface area contributed by atoms with E-state index in [1.54, 1.807) is 22.3 Å². The number of carbonyl (C=O) groups is 1. The van der Waals surface area contributed by atoms with Crippen molar-refractivity contribution in [3.63, 3.8) is 0 Å². The standard InChI is InChI=1S/C32H42F2N6O2/c1-20(2)29(18-37-9-7-35-8-10-37)38-15-24(16-38)23-13-27(30-31(34)36-22(4)40(30)17-23)26-6-5-25(33)14-28(26)32(41)39-11-12-42-19-21(39)3/h5-6,13-14,17,20-21,24,29,35H,7-12,15-16,18-19H2,1-4H3/t21-,29-/m1/s1. The number of pyridine rings is 1. The van der Waals surface area contributed by atoms with Crippen LogP contribution in [-0.2, 0) is 4.74 Å². The smallest absolute Gasteiger partial charge is 0.254 e. The predicted octanol–water partition coefficient (Wildman–Crippen LogP) is 3.78. The SMILES string of the molecule is Cc1nc(F)c2c(-c3ccc(F)cc3C(=O)N3CCOC[C@H]3C)cc(C3CN([C@H](CN4CCNCC4)C(C)C)C3)cn12. The third kappa shape index (κ3) is 5.57. The molecule has 0 aliphatic carbocycles. The maximum atomic E-state index is 15.4. The second kappa shape index (κ2) is 12.0. The Kier molecular flexibility index (Phi) is 8.33. The van der Waals surface area contributed by atoms with Crippen molar-refractivity contribution in [2.24, 2.45) is 5.92 Å². The first-order chi connectivity index (χ1) is 20.2. The van der Waals surface area contributed by atoms with E-state index in [1.807, 2.05) is 19.2 Å². The Hall–Kier alpha value is -2.92. The number of benzene rings is 1. The molecular weight excluding hydrogens is 538 g/mol. The van der Waals surface area contributed by atoms with Crippen LogP contribution in [0.15, 0.2) is 30.5 Å². The lowest BCUT2D eigenvalue weighted by molar-refractivity contribution is 0.00361. The Labute approximate surface area is 246 Å². The maximum Gasteiger partial charge on any atom is 0.254 e. The number of nitrogens with one attached hydrogen (secondary N) is 1. The lowest BCUT2D eigenvalue weighted by Crippen LogP contribution is -2.58. The third-order valence-corrected chi connectivity index (χ3v) is 9.29. The van der Waals surface area contributed by atoms with Crippen molar-refractivity contribution < 1.29 is 18.3 Å². The zero-order valence-electron chi connectivity index (χ0n) is 25.1. The fourth-order valence-electron chi connectivity index (χ4n) is 6.77. The van der Waals surface area contributed by atoms with E-state index in [9.17, 15) is 9.18 Å². The van der Waals surface area contributed by atoms with E-state index in [0.29, 0.717) is 54.2 Å². The van der Waals surface area contributed by atoms with Gasteiger partial charge in [0.25, 0.3) is 5.91 Å². The van der Waals surface area contributed by atoms with E-state index in [1.165, 1.54) is 12.1 Å². The van der Waals surface area contributed by atoms with Gasteiger partial charge in [-0.05, 0) is 49.1 Å². The number of aryl methyl sites for hydroxylation is 1. The summed E-state index contributed by atoms with van der Waals surface area (Å²) in [5, 5.41) is 3.44. The number of morpholine rings is 1. The van der Waals surface area contributed by atoms with E-state index in [0.717, 1.165) is 51.4 Å². The Balaban J connectivity index is 1.34. The van der Waals surface area contributed by atoms with Crippen LogP contribution in [0.1, 0.15) is 48.4 Å². The van der Waals surface area contributed by atoms with E-state index in [4.69, 9.17) is 4.74 Å². The van der Waals surface area contributed by atoms with E-state index < -0.39 is 11.8 Å². The lowest BCUT2D eigenvalue weighted by Gasteiger charge is -2.48. The second-order valence-electron chi connectivity index (χ2n) is 12.5. The van der Waals surface area contributed by atoms with Crippen LogP contribution in [0.2, 0.25) is 0 Å². The van der Waals surface area contributed by atoms with Gasteiger partial charge in [0.05, 0.1) is 24.8 Å². The second-order valence-corrected chi connectivity index (χ2v) is 12.5. The topological polar surface area (TPSA) is 65.4 Å². The number of carbonyl (C=O) groups excluding carboxylic acids is 1. The molecule has 3 aromatic rings. The fraction of sp³-hybridized carbons (Fsp3) is 0.562. The fourth-order valence-corrected chi connectivity index (χ4v) is 6.77. The van der Waals surface area contributed by atoms with Crippen molar-refractivity contribution in [3.05, 3.63) is 59.2 Å². The van der Waals surface area contributed by atoms with Gasteiger partial charge in [0.15, 0.2) is 0 Å². The normalized spacial score (nSPS) is 21.7. The highest BCUT2D eigenvalue weighted by Gasteiger charge is 2.37. The molecule has 0 unspecified atom stereocenters. The molecule has 1 aromatic carbocycles. The number of imidazole rings is 1. The van der Waals surface area contributed by atoms with Crippen molar-refractivity contribution >= 4 is 11.4 Å². The van der Waals surface area contributed by atoms with Gasteiger partial charge in [-0.3, -0.25) is 14.6 Å². The minimum absolute atomic E-state index is 0.140. The first-order valence-corrected chi connectivity index (χ1v) is 15.2. The summed E-state index contributed by atoms with van der Waals surface area (Å²) < 4.78 is 37.3. The molecule has 1 amide bonds. The summed E-state index contributed by atoms with van der Waals surface area (Å²) in [5.41, 5.74) is 2.69. The molecule has 42 heavy (non-hydrogen) atoms. The van der Waals surface area contributed by atoms with Gasteiger partial charge in [0.2, 0.25) is 5.95 Å². The van der Waals surface area contributed by atoms with Crippen LogP contribution in [0.3, 0.4) is 0 Å². The summed E-state index contributed by atoms with van der Waals surface area (Å²) in [6.07, 6.45) is 1.99. The number of hydrogen-bond donors (Lipinski definition) is 1. The van der Waals surface area contributed by atoms with E-state index >= 15 is 4.39 Å². The van der Waals surface area contributed by atoms with Gasteiger partial charge < -0.3 is 19.4 Å². The highest BCUT2D eigenvalue weighted by molar-refractivity contribution is 6.03. The molecule has 0 spiro atoms. The largest absolute Gasteiger partial charge is 0.377 e. The van der Waals surface area contributed by atoms with Gasteiger partial charge >= 0.3 is 0 Å². The van der Waals surface area contributed by atoms with Crippen LogP contribution in [0.4, 0.5) is 8.78 Å². The van der Waals surface area contributed by atoms with Crippen molar-refractivity contribution in [2.45, 2.75) is 45.7 Å². The zero-order chi connectivity index (χ0) is 29.5. The number of hydrogen-bond acceptors (Lipinski definition) is 6. The molecule has 3 fully saturated rings. The number of halogens is 2. The van der Waals surface area contributed by atoms with Crippen LogP contribution < -0.4 is 5.32 Å². The average Bonchev–Trinajstić information content (AvgIpc) is 3.24. The van der Waals surface area contributed by atoms with Crippen molar-refractivity contribution in [2.75, 3.05) is 65.6 Å². The van der Waals surface area contributed by atoms with Gasteiger partial charge in [-0.1, -0.05) is 19.9 Å². The molecule has 0 radical (unpaired) electrons. The number of nitrogens with zero attached hydrogens (tertiary/aromatic N) is 5. The van der Waals surface area contributed by atoms with Gasteiger partial charge in [-0.25, -0.2) is 9.37 Å². The molecule has 1 N–H and O–H groups in total. The monoisotopic (exact) mass is 580 g/mol. The van der Waals surface area contributed by atoms with E-state index in [2.05, 4.69) is 33.9 Å². The molecule has 3 saturated heterocycles. The first-order valence-electron chi connectivity index (χ1n) is 15.2. The number of aromatic nitrogens is 2. The Morgan fingerprint density at radius 2 is 1.88 bits per heavy atom. The number of likely N-dealkylation sites (tertiary alicyclic amines) is 1. The molecule has 0 saturated carbocycles. The maximum absolute atomic E-state index is 15.4. The highest BCUT2D eigenvalue weighted by atomic mass is 19.1. The molecule has 0 bridgehead atoms. The minimum Gasteiger partial charge on any atom is -0.377 e. The van der Waals surface area contributed by atoms with Crippen LogP contribution >= 0.6 is 0 Å². The Morgan fingerprint density at radius 3 is 2.60 bits per heavy atom. The molecule has 6 rings (SSSR count). The van der Waals surface area contributed by atoms with Crippen LogP contribution in [0.5, 0.6) is 0 Å².